The first-order valence-electron chi connectivity index (χ1n) is 6.12. The van der Waals surface area contributed by atoms with Crippen LogP contribution in [0.2, 0.25) is 0 Å². The highest BCUT2D eigenvalue weighted by Gasteiger charge is 2.25. The van der Waals surface area contributed by atoms with Crippen molar-refractivity contribution in [2.24, 2.45) is 0 Å². The van der Waals surface area contributed by atoms with E-state index in [0.717, 1.165) is 25.7 Å². The predicted octanol–water partition coefficient (Wildman–Crippen LogP) is 3.33. The van der Waals surface area contributed by atoms with Crippen molar-refractivity contribution in [2.45, 2.75) is 39.0 Å². The van der Waals surface area contributed by atoms with Crippen LogP contribution in [0.3, 0.4) is 0 Å². The van der Waals surface area contributed by atoms with Crippen LogP contribution in [0.25, 0.3) is 0 Å². The first-order chi connectivity index (χ1) is 8.97. The van der Waals surface area contributed by atoms with E-state index in [1.54, 1.807) is 0 Å². The van der Waals surface area contributed by atoms with E-state index in [4.69, 9.17) is 0 Å². The molecule has 1 N–H and O–H groups in total. The third-order valence-electron chi connectivity index (χ3n) is 2.84. The average Bonchev–Trinajstić information content (AvgIpc) is 2.35. The number of nitro groups is 2. The number of nitrogens with zero attached hydrogens (tertiary/aromatic N) is 2. The fraction of sp³-hybridized carbons (Fsp3) is 0.500. The van der Waals surface area contributed by atoms with Crippen molar-refractivity contribution in [3.63, 3.8) is 0 Å². The van der Waals surface area contributed by atoms with Gasteiger partial charge in [-0.25, -0.2) is 0 Å². The largest absolute Gasteiger partial charge is 0.497 e. The number of nitro benzene ring substituents is 2. The van der Waals surface area contributed by atoms with Crippen molar-refractivity contribution in [3.05, 3.63) is 37.9 Å². The monoisotopic (exact) mass is 268 g/mol. The van der Waals surface area contributed by atoms with Gasteiger partial charge in [-0.05, 0) is 18.4 Å². The minimum Gasteiger partial charge on any atom is -0.497 e. The molecule has 0 aromatic heterocycles. The first kappa shape index (κ1) is 14.9. The van der Waals surface area contributed by atoms with E-state index in [1.807, 2.05) is 0 Å². The summed E-state index contributed by atoms with van der Waals surface area (Å²) in [5.74, 6) is -0.882. The van der Waals surface area contributed by atoms with Crippen LogP contribution in [0.5, 0.6) is 5.75 Å². The molecule has 0 heterocycles. The maximum atomic E-state index is 10.7. The lowest BCUT2D eigenvalue weighted by molar-refractivity contribution is -0.396. The predicted molar refractivity (Wildman–Crippen MR) is 69.3 cm³/mol. The summed E-state index contributed by atoms with van der Waals surface area (Å²) in [7, 11) is 0. The van der Waals surface area contributed by atoms with Gasteiger partial charge in [0.25, 0.3) is 5.75 Å². The van der Waals surface area contributed by atoms with Gasteiger partial charge in [-0.1, -0.05) is 26.2 Å². The van der Waals surface area contributed by atoms with E-state index in [2.05, 4.69) is 6.92 Å². The van der Waals surface area contributed by atoms with E-state index >= 15 is 0 Å². The van der Waals surface area contributed by atoms with Crippen LogP contribution in [-0.2, 0) is 6.42 Å². The number of phenols is 1. The normalized spacial score (nSPS) is 10.4. The van der Waals surface area contributed by atoms with Crippen molar-refractivity contribution in [2.75, 3.05) is 0 Å². The van der Waals surface area contributed by atoms with Gasteiger partial charge in [0.2, 0.25) is 0 Å². The van der Waals surface area contributed by atoms with Crippen LogP contribution in [0, 0.1) is 20.2 Å². The highest BCUT2D eigenvalue weighted by Crippen LogP contribution is 2.36. The molecule has 0 unspecified atom stereocenters. The second kappa shape index (κ2) is 6.67. The van der Waals surface area contributed by atoms with E-state index in [1.165, 1.54) is 12.1 Å². The molecule has 0 spiro atoms. The Balaban J connectivity index is 2.99. The molecule has 1 aromatic carbocycles. The Morgan fingerprint density at radius 3 is 2.00 bits per heavy atom. The summed E-state index contributed by atoms with van der Waals surface area (Å²) >= 11 is 0. The highest BCUT2D eigenvalue weighted by atomic mass is 16.6. The zero-order valence-corrected chi connectivity index (χ0v) is 10.7. The molecule has 104 valence electrons. The SMILES string of the molecule is CCCCCCc1cc([N+](=O)[O-])c(O)c([N+](=O)[O-])c1. The van der Waals surface area contributed by atoms with E-state index < -0.39 is 27.0 Å². The molecule has 1 rings (SSSR count). The van der Waals surface area contributed by atoms with Gasteiger partial charge < -0.3 is 5.11 Å². The quantitative estimate of drug-likeness (QED) is 0.463. The summed E-state index contributed by atoms with van der Waals surface area (Å²) in [5, 5.41) is 31.0. The zero-order chi connectivity index (χ0) is 14.4. The molecular formula is C12H16N2O5. The summed E-state index contributed by atoms with van der Waals surface area (Å²) in [6.07, 6.45) is 4.44. The molecule has 0 bridgehead atoms. The lowest BCUT2D eigenvalue weighted by atomic mass is 10.0. The van der Waals surface area contributed by atoms with E-state index in [-0.39, 0.29) is 0 Å². The molecule has 0 aliphatic heterocycles. The molecule has 0 atom stereocenters. The number of rotatable bonds is 7. The van der Waals surface area contributed by atoms with Crippen molar-refractivity contribution in [1.29, 1.82) is 0 Å². The summed E-state index contributed by atoms with van der Waals surface area (Å²) in [6.45, 7) is 2.07. The molecular weight excluding hydrogens is 252 g/mol. The Labute approximate surface area is 110 Å². The maximum absolute atomic E-state index is 10.7. The molecule has 0 aliphatic rings. The molecule has 7 heteroatoms. The molecule has 0 aliphatic carbocycles. The van der Waals surface area contributed by atoms with Gasteiger partial charge in [0.15, 0.2) is 0 Å². The Kier molecular flexibility index (Phi) is 5.23. The number of benzene rings is 1. The second-order valence-corrected chi connectivity index (χ2v) is 4.31. The van der Waals surface area contributed by atoms with Crippen molar-refractivity contribution < 1.29 is 15.0 Å². The molecule has 0 amide bonds. The molecule has 0 fully saturated rings. The van der Waals surface area contributed by atoms with Gasteiger partial charge in [-0.15, -0.1) is 0 Å². The van der Waals surface area contributed by atoms with Crippen molar-refractivity contribution in [1.82, 2.24) is 0 Å². The number of aryl methyl sites for hydroxylation is 1. The lowest BCUT2D eigenvalue weighted by Crippen LogP contribution is -1.97. The van der Waals surface area contributed by atoms with Gasteiger partial charge in [0.1, 0.15) is 0 Å². The topological polar surface area (TPSA) is 107 Å². The van der Waals surface area contributed by atoms with Gasteiger partial charge in [0, 0.05) is 12.1 Å². The Hall–Kier alpha value is -2.18. The van der Waals surface area contributed by atoms with E-state index in [0.29, 0.717) is 12.0 Å². The van der Waals surface area contributed by atoms with Crippen LogP contribution >= 0.6 is 0 Å². The number of phenolic OH excluding ortho intramolecular Hbond substituents is 1. The van der Waals surface area contributed by atoms with Crippen LogP contribution in [-0.4, -0.2) is 15.0 Å². The highest BCUT2D eigenvalue weighted by molar-refractivity contribution is 5.61. The van der Waals surface area contributed by atoms with Crippen LogP contribution in [0.15, 0.2) is 12.1 Å². The molecule has 1 aromatic rings. The van der Waals surface area contributed by atoms with Crippen molar-refractivity contribution >= 4 is 11.4 Å². The molecule has 0 saturated heterocycles. The fourth-order valence-corrected chi connectivity index (χ4v) is 1.84. The van der Waals surface area contributed by atoms with Gasteiger partial charge in [-0.2, -0.15) is 0 Å². The number of unbranched alkanes of at least 4 members (excludes halogenated alkanes) is 3. The molecule has 7 nitrogen and oxygen atoms in total. The molecule has 19 heavy (non-hydrogen) atoms. The average molecular weight is 268 g/mol. The summed E-state index contributed by atoms with van der Waals surface area (Å²) in [4.78, 5) is 19.9. The third-order valence-corrected chi connectivity index (χ3v) is 2.84. The van der Waals surface area contributed by atoms with Gasteiger partial charge in [-0.3, -0.25) is 20.2 Å². The maximum Gasteiger partial charge on any atom is 0.318 e. The van der Waals surface area contributed by atoms with Gasteiger partial charge in [0.05, 0.1) is 9.85 Å². The second-order valence-electron chi connectivity index (χ2n) is 4.31. The first-order valence-corrected chi connectivity index (χ1v) is 6.12. The standard InChI is InChI=1S/C12H16N2O5/c1-2-3-4-5-6-9-7-10(13(16)17)12(15)11(8-9)14(18)19/h7-8,15H,2-6H2,1H3. The van der Waals surface area contributed by atoms with Crippen LogP contribution < -0.4 is 0 Å². The summed E-state index contributed by atoms with van der Waals surface area (Å²) < 4.78 is 0. The van der Waals surface area contributed by atoms with Crippen LogP contribution in [0.4, 0.5) is 11.4 Å². The summed E-state index contributed by atoms with van der Waals surface area (Å²) in [6, 6.07) is 2.41. The zero-order valence-electron chi connectivity index (χ0n) is 10.7. The lowest BCUT2D eigenvalue weighted by Gasteiger charge is -2.03. The number of hydrogen-bond donors (Lipinski definition) is 1. The Morgan fingerprint density at radius 1 is 1.05 bits per heavy atom. The number of hydrogen-bond acceptors (Lipinski definition) is 5. The minimum absolute atomic E-state index is 0.507. The fourth-order valence-electron chi connectivity index (χ4n) is 1.84. The van der Waals surface area contributed by atoms with E-state index in [9.17, 15) is 25.3 Å². The molecule has 0 saturated carbocycles. The van der Waals surface area contributed by atoms with Crippen LogP contribution in [0.1, 0.15) is 38.2 Å². The Bertz CT molecular complexity index is 452. The molecule has 0 radical (unpaired) electrons. The Morgan fingerprint density at radius 2 is 1.58 bits per heavy atom. The summed E-state index contributed by atoms with van der Waals surface area (Å²) in [5.41, 5.74) is -0.716. The van der Waals surface area contributed by atoms with Gasteiger partial charge >= 0.3 is 11.4 Å². The smallest absolute Gasteiger partial charge is 0.318 e. The number of aromatic hydroxyl groups is 1. The van der Waals surface area contributed by atoms with Crippen molar-refractivity contribution in [3.8, 4) is 5.75 Å². The minimum atomic E-state index is -0.882. The third kappa shape index (κ3) is 3.90.